The molecule has 2 aromatic carbocycles. The molecule has 168 valence electrons. The molecule has 1 saturated heterocycles. The van der Waals surface area contributed by atoms with E-state index in [1.807, 2.05) is 25.1 Å². The molecule has 4 rings (SSSR count). The van der Waals surface area contributed by atoms with Crippen molar-refractivity contribution in [1.82, 2.24) is 9.29 Å². The number of hydrogen-bond donors (Lipinski definition) is 1. The van der Waals surface area contributed by atoms with Gasteiger partial charge in [0, 0.05) is 36.3 Å². The number of sulfonamides is 1. The van der Waals surface area contributed by atoms with E-state index in [0.29, 0.717) is 23.3 Å². The molecular weight excluding hydrogens is 428 g/mol. The average Bonchev–Trinajstić information content (AvgIpc) is 3.27. The van der Waals surface area contributed by atoms with Gasteiger partial charge in [-0.05, 0) is 62.4 Å². The maximum Gasteiger partial charge on any atom is 0.252 e. The summed E-state index contributed by atoms with van der Waals surface area (Å²) in [6.07, 6.45) is 1.42. The highest BCUT2D eigenvalue weighted by Crippen LogP contribution is 2.23. The highest BCUT2D eigenvalue weighted by atomic mass is 32.2. The zero-order chi connectivity index (χ0) is 22.9. The van der Waals surface area contributed by atoms with E-state index in [1.54, 1.807) is 6.07 Å². The topological polar surface area (TPSA) is 96.5 Å². The molecule has 32 heavy (non-hydrogen) atoms. The minimum atomic E-state index is -3.92. The minimum absolute atomic E-state index is 0.0735. The highest BCUT2D eigenvalue weighted by Gasteiger charge is 2.30. The molecule has 0 spiro atoms. The zero-order valence-electron chi connectivity index (χ0n) is 18.1. The van der Waals surface area contributed by atoms with Gasteiger partial charge in [0.15, 0.2) is 5.78 Å². The van der Waals surface area contributed by atoms with Gasteiger partial charge >= 0.3 is 0 Å². The molecule has 3 aromatic rings. The number of rotatable bonds is 7. The molecule has 8 heteroatoms. The lowest BCUT2D eigenvalue weighted by molar-refractivity contribution is 0.0925. The lowest BCUT2D eigenvalue weighted by Crippen LogP contribution is -2.38. The fourth-order valence-corrected chi connectivity index (χ4v) is 5.40. The van der Waals surface area contributed by atoms with E-state index >= 15 is 0 Å². The second kappa shape index (κ2) is 8.97. The van der Waals surface area contributed by atoms with Crippen molar-refractivity contribution in [2.45, 2.75) is 44.2 Å². The molecule has 1 aliphatic rings. The Morgan fingerprint density at radius 3 is 2.56 bits per heavy atom. The van der Waals surface area contributed by atoms with Crippen molar-refractivity contribution >= 4 is 26.7 Å². The third-order valence-electron chi connectivity index (χ3n) is 5.75. The van der Waals surface area contributed by atoms with Crippen LogP contribution in [0.5, 0.6) is 0 Å². The summed E-state index contributed by atoms with van der Waals surface area (Å²) in [6.45, 7) is 4.07. The second-order valence-corrected chi connectivity index (χ2v) is 10.2. The molecule has 0 radical (unpaired) electrons. The molecule has 1 aromatic heterocycles. The number of ether oxygens (including phenoxy) is 1. The van der Waals surface area contributed by atoms with E-state index < -0.39 is 10.0 Å². The van der Waals surface area contributed by atoms with Gasteiger partial charge in [-0.3, -0.25) is 9.59 Å². The number of aromatic nitrogens is 1. The quantitative estimate of drug-likeness (QED) is 0.552. The number of nitrogens with zero attached hydrogens (tertiary/aromatic N) is 1. The van der Waals surface area contributed by atoms with Crippen LogP contribution in [-0.4, -0.2) is 42.7 Å². The van der Waals surface area contributed by atoms with Gasteiger partial charge in [-0.2, -0.15) is 4.31 Å². The Balaban J connectivity index is 1.72. The summed E-state index contributed by atoms with van der Waals surface area (Å²) in [5, 5.41) is 0.847. The van der Waals surface area contributed by atoms with E-state index in [9.17, 15) is 18.0 Å². The molecule has 1 atom stereocenters. The third-order valence-corrected chi connectivity index (χ3v) is 7.58. The number of carbonyl (C=O) groups is 1. The largest absolute Gasteiger partial charge is 0.377 e. The lowest BCUT2D eigenvalue weighted by atomic mass is 10.1. The Morgan fingerprint density at radius 1 is 1.16 bits per heavy atom. The smallest absolute Gasteiger partial charge is 0.252 e. The lowest BCUT2D eigenvalue weighted by Gasteiger charge is -2.25. The number of aryl methyl sites for hydroxylation is 1. The molecule has 0 amide bonds. The predicted molar refractivity (Wildman–Crippen MR) is 122 cm³/mol. The van der Waals surface area contributed by atoms with Crippen LogP contribution in [0.25, 0.3) is 10.9 Å². The molecule has 1 unspecified atom stereocenters. The van der Waals surface area contributed by atoms with E-state index in [4.69, 9.17) is 4.74 Å². The van der Waals surface area contributed by atoms with Crippen LogP contribution >= 0.6 is 0 Å². The molecule has 1 fully saturated rings. The SMILES string of the molecule is CC(=O)c1ccc(S(=O)(=O)N(Cc2cc3cc(C)ccc3[nH]c2=O)CC2CCCO2)cc1. The zero-order valence-corrected chi connectivity index (χ0v) is 18.9. The Kier molecular flexibility index (Phi) is 6.28. The fourth-order valence-electron chi connectivity index (χ4n) is 3.95. The highest BCUT2D eigenvalue weighted by molar-refractivity contribution is 7.89. The van der Waals surface area contributed by atoms with Crippen molar-refractivity contribution in [2.24, 2.45) is 0 Å². The molecule has 1 N–H and O–H groups in total. The monoisotopic (exact) mass is 454 g/mol. The fraction of sp³-hybridized carbons (Fsp3) is 0.333. The molecule has 1 aliphatic heterocycles. The first-order valence-electron chi connectivity index (χ1n) is 10.6. The van der Waals surface area contributed by atoms with E-state index in [-0.39, 0.29) is 35.4 Å². The number of benzene rings is 2. The van der Waals surface area contributed by atoms with E-state index in [1.165, 1.54) is 35.5 Å². The number of carbonyl (C=O) groups excluding carboxylic acids is 1. The molecule has 2 heterocycles. The van der Waals surface area contributed by atoms with Crippen LogP contribution in [-0.2, 0) is 21.3 Å². The maximum absolute atomic E-state index is 13.5. The van der Waals surface area contributed by atoms with Crippen LogP contribution in [0.15, 0.2) is 58.2 Å². The summed E-state index contributed by atoms with van der Waals surface area (Å²) in [6, 6.07) is 13.3. The summed E-state index contributed by atoms with van der Waals surface area (Å²) in [5.74, 6) is -0.136. The number of H-pyrrole nitrogens is 1. The van der Waals surface area contributed by atoms with Gasteiger partial charge in [-0.15, -0.1) is 0 Å². The van der Waals surface area contributed by atoms with E-state index in [2.05, 4.69) is 4.98 Å². The van der Waals surface area contributed by atoms with Crippen LogP contribution < -0.4 is 5.56 Å². The van der Waals surface area contributed by atoms with Crippen LogP contribution in [0.1, 0.15) is 41.3 Å². The van der Waals surface area contributed by atoms with Crippen LogP contribution in [0.3, 0.4) is 0 Å². The number of fused-ring (bicyclic) bond motifs is 1. The first kappa shape index (κ1) is 22.4. The number of ketones is 1. The van der Waals surface area contributed by atoms with Crippen molar-refractivity contribution in [3.63, 3.8) is 0 Å². The third kappa shape index (κ3) is 4.67. The summed E-state index contributed by atoms with van der Waals surface area (Å²) in [7, 11) is -3.92. The molecular formula is C24H26N2O5S. The van der Waals surface area contributed by atoms with Crippen molar-refractivity contribution in [2.75, 3.05) is 13.2 Å². The summed E-state index contributed by atoms with van der Waals surface area (Å²) in [4.78, 5) is 27.2. The van der Waals surface area contributed by atoms with Gasteiger partial charge in [-0.25, -0.2) is 8.42 Å². The normalized spacial score (nSPS) is 16.7. The van der Waals surface area contributed by atoms with Crippen LogP contribution in [0.4, 0.5) is 0 Å². The van der Waals surface area contributed by atoms with Gasteiger partial charge in [-0.1, -0.05) is 23.8 Å². The summed E-state index contributed by atoms with van der Waals surface area (Å²) in [5.41, 5.74) is 2.24. The second-order valence-electron chi connectivity index (χ2n) is 8.23. The molecule has 0 saturated carbocycles. The number of hydrogen-bond acceptors (Lipinski definition) is 5. The van der Waals surface area contributed by atoms with Gasteiger partial charge < -0.3 is 9.72 Å². The Bertz CT molecular complexity index is 1310. The first-order valence-corrected chi connectivity index (χ1v) is 12.0. The van der Waals surface area contributed by atoms with Crippen molar-refractivity contribution in [3.05, 3.63) is 75.6 Å². The number of aromatic amines is 1. The maximum atomic E-state index is 13.5. The van der Waals surface area contributed by atoms with Gasteiger partial charge in [0.25, 0.3) is 5.56 Å². The van der Waals surface area contributed by atoms with Crippen molar-refractivity contribution < 1.29 is 17.9 Å². The first-order chi connectivity index (χ1) is 15.2. The standard InChI is InChI=1S/C24H26N2O5S/c1-16-5-10-23-19(12-16)13-20(24(28)25-23)14-26(15-21-4-3-11-31-21)32(29,30)22-8-6-18(7-9-22)17(2)27/h5-10,12-13,21H,3-4,11,14-15H2,1-2H3,(H,25,28). The van der Waals surface area contributed by atoms with Crippen molar-refractivity contribution in [3.8, 4) is 0 Å². The van der Waals surface area contributed by atoms with Crippen LogP contribution in [0.2, 0.25) is 0 Å². The summed E-state index contributed by atoms with van der Waals surface area (Å²) >= 11 is 0. The Labute approximate surface area is 187 Å². The van der Waals surface area contributed by atoms with Gasteiger partial charge in [0.05, 0.1) is 11.0 Å². The molecule has 0 aliphatic carbocycles. The van der Waals surface area contributed by atoms with Gasteiger partial charge in [0.1, 0.15) is 0 Å². The molecule has 0 bridgehead atoms. The Morgan fingerprint density at radius 2 is 1.91 bits per heavy atom. The Hall–Kier alpha value is -2.81. The number of pyridine rings is 1. The number of Topliss-reactive ketones (excluding diaryl/α,β-unsaturated/α-hetero) is 1. The predicted octanol–water partition coefficient (Wildman–Crippen LogP) is 3.41. The average molecular weight is 455 g/mol. The van der Waals surface area contributed by atoms with Crippen molar-refractivity contribution in [1.29, 1.82) is 0 Å². The van der Waals surface area contributed by atoms with Crippen LogP contribution in [0, 0.1) is 6.92 Å². The van der Waals surface area contributed by atoms with Gasteiger partial charge in [0.2, 0.25) is 10.0 Å². The minimum Gasteiger partial charge on any atom is -0.377 e. The number of nitrogens with one attached hydrogen (secondary N) is 1. The van der Waals surface area contributed by atoms with E-state index in [0.717, 1.165) is 23.8 Å². The molecule has 7 nitrogen and oxygen atoms in total. The summed E-state index contributed by atoms with van der Waals surface area (Å²) < 4.78 is 34.0.